The normalized spacial score (nSPS) is 24.6. The van der Waals surface area contributed by atoms with Gasteiger partial charge in [0.15, 0.2) is 11.3 Å². The number of aryl methyl sites for hydroxylation is 1. The van der Waals surface area contributed by atoms with Gasteiger partial charge in [-0.15, -0.1) is 0 Å². The number of aliphatic hydroxyl groups is 1. The van der Waals surface area contributed by atoms with Crippen LogP contribution in [-0.4, -0.2) is 133 Å². The van der Waals surface area contributed by atoms with E-state index in [0.717, 1.165) is 30.3 Å². The van der Waals surface area contributed by atoms with Gasteiger partial charge >= 0.3 is 0 Å². The van der Waals surface area contributed by atoms with Crippen LogP contribution in [0.5, 0.6) is 0 Å². The number of likely N-dealkylation sites (tertiary alicyclic amines) is 1. The Kier molecular flexibility index (Phi) is 12.7. The summed E-state index contributed by atoms with van der Waals surface area (Å²) in [6, 6.07) is 7.22. The average molecular weight is 886 g/mol. The number of carbonyl (C=O) groups excluding carboxylic acids is 3. The van der Waals surface area contributed by atoms with Crippen molar-refractivity contribution in [2.75, 3.05) is 62.8 Å². The summed E-state index contributed by atoms with van der Waals surface area (Å²) in [6.07, 6.45) is 3.64. The first-order valence-electron chi connectivity index (χ1n) is 21.8. The first-order chi connectivity index (χ1) is 31.0. The van der Waals surface area contributed by atoms with Crippen molar-refractivity contribution in [3.8, 4) is 11.8 Å². The van der Waals surface area contributed by atoms with Gasteiger partial charge < -0.3 is 24.8 Å². The Balaban J connectivity index is 0.756. The summed E-state index contributed by atoms with van der Waals surface area (Å²) in [5, 5.41) is 28.5. The summed E-state index contributed by atoms with van der Waals surface area (Å²) in [5.41, 5.74) is 1.87. The number of fused-ring (bicyclic) bond motifs is 2. The highest BCUT2D eigenvalue weighted by Gasteiger charge is 2.34. The number of morpholine rings is 1. The maximum atomic E-state index is 15.5. The van der Waals surface area contributed by atoms with Crippen molar-refractivity contribution in [3.05, 3.63) is 65.4 Å². The second-order valence-corrected chi connectivity index (χ2v) is 17.0. The van der Waals surface area contributed by atoms with Crippen LogP contribution in [0.3, 0.4) is 0 Å². The molecule has 17 nitrogen and oxygen atoms in total. The SMILES string of the molecule is Cn1nc(C2CCC(=O)NC2=O)c2cccc(C#CCO[C@H]3CCN(CC4CCC(n5cc(NC(=O)c6cnn7ccc(N8CCO[C@@H](CO)C8)nc67)c(C(F)F)n5)CC4)C[C@H]3F)c21. The molecule has 1 aromatic carbocycles. The first-order valence-corrected chi connectivity index (χ1v) is 21.8. The largest absolute Gasteiger partial charge is 0.394 e. The number of aromatic nitrogens is 7. The molecule has 4 aliphatic rings. The van der Waals surface area contributed by atoms with E-state index in [1.54, 1.807) is 24.0 Å². The van der Waals surface area contributed by atoms with E-state index < -0.39 is 36.2 Å². The Morgan fingerprint density at radius 3 is 2.72 bits per heavy atom. The Labute approximate surface area is 366 Å². The molecular weight excluding hydrogens is 836 g/mol. The van der Waals surface area contributed by atoms with Crippen molar-refractivity contribution in [1.82, 2.24) is 44.4 Å². The van der Waals surface area contributed by atoms with Crippen LogP contribution in [-0.2, 0) is 26.1 Å². The van der Waals surface area contributed by atoms with Gasteiger partial charge in [0, 0.05) is 64.0 Å². The zero-order chi connectivity index (χ0) is 44.5. The summed E-state index contributed by atoms with van der Waals surface area (Å²) in [7, 11) is 1.79. The third-order valence-corrected chi connectivity index (χ3v) is 12.8. The van der Waals surface area contributed by atoms with Gasteiger partial charge in [-0.05, 0) is 56.6 Å². The highest BCUT2D eigenvalue weighted by atomic mass is 19.3. The Bertz CT molecular complexity index is 2590. The van der Waals surface area contributed by atoms with Crippen LogP contribution in [0.25, 0.3) is 16.6 Å². The number of hydrogen-bond donors (Lipinski definition) is 3. The highest BCUT2D eigenvalue weighted by molar-refractivity contribution is 6.08. The molecule has 3 N–H and O–H groups in total. The average Bonchev–Trinajstić information content (AvgIpc) is 4.01. The van der Waals surface area contributed by atoms with E-state index in [1.165, 1.54) is 21.6 Å². The van der Waals surface area contributed by atoms with E-state index in [-0.39, 0.29) is 67.0 Å². The van der Waals surface area contributed by atoms with E-state index >= 15 is 4.39 Å². The quantitative estimate of drug-likeness (QED) is 0.129. The van der Waals surface area contributed by atoms with Gasteiger partial charge in [0.1, 0.15) is 24.2 Å². The molecule has 0 bridgehead atoms. The second-order valence-electron chi connectivity index (χ2n) is 17.0. The van der Waals surface area contributed by atoms with Crippen molar-refractivity contribution >= 4 is 45.8 Å². The molecule has 4 fully saturated rings. The lowest BCUT2D eigenvalue weighted by Gasteiger charge is -2.38. The number of imide groups is 1. The number of para-hydroxylation sites is 1. The van der Waals surface area contributed by atoms with Crippen molar-refractivity contribution in [2.24, 2.45) is 13.0 Å². The van der Waals surface area contributed by atoms with E-state index in [9.17, 15) is 28.3 Å². The predicted octanol–water partition coefficient (Wildman–Crippen LogP) is 3.93. The van der Waals surface area contributed by atoms with Crippen LogP contribution in [0.4, 0.5) is 24.7 Å². The monoisotopic (exact) mass is 885 g/mol. The number of rotatable bonds is 11. The number of benzene rings is 1. The lowest BCUT2D eigenvalue weighted by atomic mass is 9.85. The zero-order valence-corrected chi connectivity index (χ0v) is 35.3. The van der Waals surface area contributed by atoms with Gasteiger partial charge in [-0.1, -0.05) is 24.0 Å². The topological polar surface area (TPSA) is 186 Å². The molecule has 0 radical (unpaired) electrons. The van der Waals surface area contributed by atoms with Crippen LogP contribution in [0.2, 0.25) is 0 Å². The molecule has 4 aromatic heterocycles. The van der Waals surface area contributed by atoms with E-state index in [0.29, 0.717) is 74.9 Å². The molecule has 20 heteroatoms. The number of piperidine rings is 2. The summed E-state index contributed by atoms with van der Waals surface area (Å²) in [4.78, 5) is 46.5. The van der Waals surface area contributed by atoms with Crippen molar-refractivity contribution in [2.45, 2.75) is 81.7 Å². The summed E-state index contributed by atoms with van der Waals surface area (Å²) in [6.45, 7) is 2.95. The van der Waals surface area contributed by atoms with Gasteiger partial charge in [0.25, 0.3) is 12.3 Å². The number of hydrogen-bond acceptors (Lipinski definition) is 12. The summed E-state index contributed by atoms with van der Waals surface area (Å²) < 4.78 is 60.2. The molecule has 7 heterocycles. The lowest BCUT2D eigenvalue weighted by molar-refractivity contribution is -0.134. The molecule has 3 aliphatic heterocycles. The fraction of sp³-hybridized carbons (Fsp3) is 0.523. The maximum Gasteiger partial charge on any atom is 0.284 e. The van der Waals surface area contributed by atoms with Crippen LogP contribution in [0, 0.1) is 17.8 Å². The molecule has 338 valence electrons. The number of aliphatic hydroxyl groups excluding tert-OH is 1. The smallest absolute Gasteiger partial charge is 0.284 e. The highest BCUT2D eigenvalue weighted by Crippen LogP contribution is 2.36. The lowest BCUT2D eigenvalue weighted by Crippen LogP contribution is -2.47. The van der Waals surface area contributed by atoms with E-state index in [2.05, 4.69) is 47.7 Å². The van der Waals surface area contributed by atoms with E-state index in [1.807, 2.05) is 23.1 Å². The fourth-order valence-electron chi connectivity index (χ4n) is 9.49. The number of alkyl halides is 3. The predicted molar refractivity (Wildman–Crippen MR) is 227 cm³/mol. The Morgan fingerprint density at radius 2 is 1.94 bits per heavy atom. The molecule has 64 heavy (non-hydrogen) atoms. The number of ether oxygens (including phenoxy) is 2. The first kappa shape index (κ1) is 43.4. The van der Waals surface area contributed by atoms with Gasteiger partial charge in [-0.25, -0.2) is 22.7 Å². The molecular formula is C44H50F3N11O6. The van der Waals surface area contributed by atoms with Gasteiger partial charge in [-0.2, -0.15) is 15.3 Å². The third kappa shape index (κ3) is 9.07. The van der Waals surface area contributed by atoms with Crippen molar-refractivity contribution in [3.63, 3.8) is 0 Å². The second kappa shape index (κ2) is 18.7. The number of nitrogens with one attached hydrogen (secondary N) is 2. The number of nitrogens with zero attached hydrogens (tertiary/aromatic N) is 9. The molecule has 4 atom stereocenters. The Hall–Kier alpha value is -5.88. The fourth-order valence-corrected chi connectivity index (χ4v) is 9.49. The van der Waals surface area contributed by atoms with Crippen LogP contribution < -0.4 is 15.5 Å². The molecule has 9 rings (SSSR count). The number of halogens is 3. The molecule has 1 unspecified atom stereocenters. The van der Waals surface area contributed by atoms with E-state index in [4.69, 9.17) is 9.47 Å². The van der Waals surface area contributed by atoms with Crippen molar-refractivity contribution in [1.29, 1.82) is 0 Å². The molecule has 1 saturated carbocycles. The van der Waals surface area contributed by atoms with Crippen LogP contribution >= 0.6 is 0 Å². The zero-order valence-electron chi connectivity index (χ0n) is 35.3. The maximum absolute atomic E-state index is 15.5. The van der Waals surface area contributed by atoms with Gasteiger partial charge in [-0.3, -0.25) is 34.0 Å². The van der Waals surface area contributed by atoms with Crippen molar-refractivity contribution < 1.29 is 42.1 Å². The summed E-state index contributed by atoms with van der Waals surface area (Å²) in [5.74, 6) is 5.25. The number of anilines is 2. The number of carbonyl (C=O) groups is 3. The van der Waals surface area contributed by atoms with Crippen LogP contribution in [0.15, 0.2) is 42.9 Å². The minimum atomic E-state index is -2.92. The standard InChI is InChI=1S/C44H50F3N11O6/c1-54-40-27(4-2-6-30(40)38(52-54)31-11-12-37(60)51-43(31)61)5-3-18-64-35-13-15-55(23-33(35)45)21-26-7-9-28(10-8-26)58-24-34(39(53-58)41(46)47)49-44(62)32-20-48-57-16-14-36(50-42(32)57)56-17-19-63-29(22-56)25-59/h2,4,6,14,16,20,24,26,28-29,31,33,35,41,59H,7-13,15,17-19,21-23,25H2,1H3,(H,49,62)(H,51,60,61)/t26?,28?,29-,31?,33-,35+/m1/s1. The van der Waals surface area contributed by atoms with Gasteiger partial charge in [0.2, 0.25) is 11.8 Å². The minimum Gasteiger partial charge on any atom is -0.394 e. The Morgan fingerprint density at radius 1 is 1.09 bits per heavy atom. The van der Waals surface area contributed by atoms with Crippen LogP contribution in [0.1, 0.15) is 90.6 Å². The molecule has 5 aromatic rings. The molecule has 0 spiro atoms. The molecule has 3 amide bonds. The summed E-state index contributed by atoms with van der Waals surface area (Å²) >= 11 is 0. The minimum absolute atomic E-state index is 0.0522. The molecule has 1 aliphatic carbocycles. The number of amides is 3. The van der Waals surface area contributed by atoms with Gasteiger partial charge in [0.05, 0.1) is 66.0 Å². The molecule has 3 saturated heterocycles. The third-order valence-electron chi connectivity index (χ3n) is 12.8.